The number of benzene rings is 1. The summed E-state index contributed by atoms with van der Waals surface area (Å²) in [6.07, 6.45) is 3.12. The number of ether oxygens (including phenoxy) is 1. The lowest BCUT2D eigenvalue weighted by molar-refractivity contribution is 0.0994. The number of ketones is 1. The van der Waals surface area contributed by atoms with E-state index in [1.165, 1.54) is 0 Å². The van der Waals surface area contributed by atoms with E-state index in [1.807, 2.05) is 28.9 Å². The van der Waals surface area contributed by atoms with Gasteiger partial charge in [0, 0.05) is 6.42 Å². The fraction of sp³-hybridized carbons (Fsp3) is 0.286. The molecule has 1 aliphatic rings. The topological polar surface area (TPSA) is 44.1 Å². The number of carbonyl (C=O) groups is 1. The van der Waals surface area contributed by atoms with Gasteiger partial charge in [-0.2, -0.15) is 5.10 Å². The fourth-order valence-electron chi connectivity index (χ4n) is 2.31. The summed E-state index contributed by atoms with van der Waals surface area (Å²) in [5.41, 5.74) is 3.01. The van der Waals surface area contributed by atoms with E-state index < -0.39 is 0 Å². The average molecular weight is 242 g/mol. The van der Waals surface area contributed by atoms with Gasteiger partial charge >= 0.3 is 0 Å². The van der Waals surface area contributed by atoms with Gasteiger partial charge in [0.15, 0.2) is 5.78 Å². The molecular weight excluding hydrogens is 228 g/mol. The highest BCUT2D eigenvalue weighted by molar-refractivity contribution is 5.99. The first-order valence-electron chi connectivity index (χ1n) is 5.99. The van der Waals surface area contributed by atoms with E-state index in [9.17, 15) is 4.79 Å². The van der Waals surface area contributed by atoms with Crippen molar-refractivity contribution in [3.63, 3.8) is 0 Å². The van der Waals surface area contributed by atoms with Crippen LogP contribution in [0.15, 0.2) is 30.5 Å². The molecule has 92 valence electrons. The summed E-state index contributed by atoms with van der Waals surface area (Å²) < 4.78 is 7.04. The minimum Gasteiger partial charge on any atom is -0.497 e. The van der Waals surface area contributed by atoms with Crippen LogP contribution in [0.2, 0.25) is 0 Å². The van der Waals surface area contributed by atoms with Crippen molar-refractivity contribution in [2.45, 2.75) is 19.4 Å². The number of aromatic nitrogens is 2. The van der Waals surface area contributed by atoms with Crippen molar-refractivity contribution in [2.75, 3.05) is 7.11 Å². The number of fused-ring (bicyclic) bond motifs is 1. The molecule has 2 aromatic rings. The minimum absolute atomic E-state index is 0.214. The first kappa shape index (κ1) is 11.0. The molecule has 0 N–H and O–H groups in total. The maximum Gasteiger partial charge on any atom is 0.166 e. The molecular formula is C14H14N2O2. The standard InChI is InChI=1S/C14H14N2O2/c1-18-11-4-2-10(3-5-11)9-16-13-6-7-14(17)12(13)8-15-16/h2-5,8H,6-7,9H2,1H3. The van der Waals surface area contributed by atoms with E-state index in [2.05, 4.69) is 5.10 Å². The molecule has 0 fully saturated rings. The molecule has 0 saturated carbocycles. The predicted octanol–water partition coefficient (Wildman–Crippen LogP) is 2.07. The van der Waals surface area contributed by atoms with Crippen LogP contribution in [-0.2, 0) is 13.0 Å². The molecule has 1 aromatic carbocycles. The Bertz CT molecular complexity index is 584. The molecule has 0 amide bonds. The summed E-state index contributed by atoms with van der Waals surface area (Å²) in [5, 5.41) is 4.29. The molecule has 0 saturated heterocycles. The third-order valence-corrected chi connectivity index (χ3v) is 3.33. The smallest absolute Gasteiger partial charge is 0.166 e. The van der Waals surface area contributed by atoms with Gasteiger partial charge < -0.3 is 4.74 Å². The maximum absolute atomic E-state index is 11.5. The van der Waals surface area contributed by atoms with E-state index in [0.29, 0.717) is 13.0 Å². The number of Topliss-reactive ketones (excluding diaryl/α,β-unsaturated/α-hetero) is 1. The second-order valence-corrected chi connectivity index (χ2v) is 4.43. The van der Waals surface area contributed by atoms with E-state index >= 15 is 0 Å². The summed E-state index contributed by atoms with van der Waals surface area (Å²) in [4.78, 5) is 11.5. The van der Waals surface area contributed by atoms with Gasteiger partial charge in [0.1, 0.15) is 5.75 Å². The first-order chi connectivity index (χ1) is 8.78. The van der Waals surface area contributed by atoms with Crippen molar-refractivity contribution in [3.05, 3.63) is 47.3 Å². The Balaban J connectivity index is 1.84. The largest absolute Gasteiger partial charge is 0.497 e. The molecule has 1 heterocycles. The molecule has 0 radical (unpaired) electrons. The number of rotatable bonds is 3. The summed E-state index contributed by atoms with van der Waals surface area (Å²) in [7, 11) is 1.65. The van der Waals surface area contributed by atoms with E-state index in [-0.39, 0.29) is 5.78 Å². The van der Waals surface area contributed by atoms with Gasteiger partial charge in [0.25, 0.3) is 0 Å². The van der Waals surface area contributed by atoms with Crippen LogP contribution in [0.25, 0.3) is 0 Å². The summed E-state index contributed by atoms with van der Waals surface area (Å²) in [5.74, 6) is 1.06. The first-order valence-corrected chi connectivity index (χ1v) is 5.99. The minimum atomic E-state index is 0.214. The van der Waals surface area contributed by atoms with Gasteiger partial charge in [-0.25, -0.2) is 0 Å². The zero-order chi connectivity index (χ0) is 12.5. The average Bonchev–Trinajstić information content (AvgIpc) is 2.95. The number of carbonyl (C=O) groups excluding carboxylic acids is 1. The predicted molar refractivity (Wildman–Crippen MR) is 67.0 cm³/mol. The van der Waals surface area contributed by atoms with Crippen LogP contribution in [0.4, 0.5) is 0 Å². The van der Waals surface area contributed by atoms with Gasteiger partial charge in [-0.15, -0.1) is 0 Å². The van der Waals surface area contributed by atoms with Crippen LogP contribution in [0, 0.1) is 0 Å². The van der Waals surface area contributed by atoms with Crippen LogP contribution < -0.4 is 4.74 Å². The monoisotopic (exact) mass is 242 g/mol. The molecule has 0 spiro atoms. The Hall–Kier alpha value is -2.10. The second kappa shape index (κ2) is 4.29. The fourth-order valence-corrected chi connectivity index (χ4v) is 2.31. The highest BCUT2D eigenvalue weighted by atomic mass is 16.5. The summed E-state index contributed by atoms with van der Waals surface area (Å²) >= 11 is 0. The van der Waals surface area contributed by atoms with Crippen molar-refractivity contribution >= 4 is 5.78 Å². The second-order valence-electron chi connectivity index (χ2n) is 4.43. The number of nitrogens with zero attached hydrogens (tertiary/aromatic N) is 2. The summed E-state index contributed by atoms with van der Waals surface area (Å²) in [6, 6.07) is 7.90. The Kier molecular flexibility index (Phi) is 2.63. The number of hydrogen-bond donors (Lipinski definition) is 0. The Morgan fingerprint density at radius 1 is 1.28 bits per heavy atom. The highest BCUT2D eigenvalue weighted by Gasteiger charge is 2.23. The van der Waals surface area contributed by atoms with E-state index in [4.69, 9.17) is 4.74 Å². The number of hydrogen-bond acceptors (Lipinski definition) is 3. The lowest BCUT2D eigenvalue weighted by Crippen LogP contribution is -2.05. The molecule has 0 bridgehead atoms. The van der Waals surface area contributed by atoms with Gasteiger partial charge in [0.2, 0.25) is 0 Å². The Morgan fingerprint density at radius 2 is 2.06 bits per heavy atom. The molecule has 0 aliphatic heterocycles. The molecule has 4 nitrogen and oxygen atoms in total. The zero-order valence-corrected chi connectivity index (χ0v) is 10.2. The normalized spacial score (nSPS) is 13.7. The van der Waals surface area contributed by atoms with Crippen molar-refractivity contribution in [2.24, 2.45) is 0 Å². The quantitative estimate of drug-likeness (QED) is 0.827. The SMILES string of the molecule is COc1ccc(Cn2ncc3c2CCC3=O)cc1. The lowest BCUT2D eigenvalue weighted by Gasteiger charge is -2.06. The molecule has 1 aliphatic carbocycles. The van der Waals surface area contributed by atoms with Crippen LogP contribution in [0.3, 0.4) is 0 Å². The van der Waals surface area contributed by atoms with Crippen LogP contribution >= 0.6 is 0 Å². The maximum atomic E-state index is 11.5. The van der Waals surface area contributed by atoms with Crippen molar-refractivity contribution in [3.8, 4) is 5.75 Å². The highest BCUT2D eigenvalue weighted by Crippen LogP contribution is 2.22. The molecule has 1 aromatic heterocycles. The van der Waals surface area contributed by atoms with E-state index in [0.717, 1.165) is 29.0 Å². The van der Waals surface area contributed by atoms with E-state index in [1.54, 1.807) is 13.3 Å². The Labute approximate surface area is 105 Å². The van der Waals surface area contributed by atoms with Crippen LogP contribution in [-0.4, -0.2) is 22.7 Å². The van der Waals surface area contributed by atoms with Crippen molar-refractivity contribution in [1.82, 2.24) is 9.78 Å². The van der Waals surface area contributed by atoms with Crippen molar-refractivity contribution in [1.29, 1.82) is 0 Å². The molecule has 0 unspecified atom stereocenters. The van der Waals surface area contributed by atoms with Gasteiger partial charge in [0.05, 0.1) is 31.1 Å². The third-order valence-electron chi connectivity index (χ3n) is 3.33. The van der Waals surface area contributed by atoms with Crippen molar-refractivity contribution < 1.29 is 9.53 Å². The lowest BCUT2D eigenvalue weighted by atomic mass is 10.2. The van der Waals surface area contributed by atoms with Gasteiger partial charge in [-0.1, -0.05) is 12.1 Å². The van der Waals surface area contributed by atoms with Crippen LogP contribution in [0.1, 0.15) is 28.0 Å². The molecule has 3 rings (SSSR count). The molecule has 0 atom stereocenters. The van der Waals surface area contributed by atoms with Gasteiger partial charge in [-0.05, 0) is 24.1 Å². The number of methoxy groups -OCH3 is 1. The molecule has 4 heteroatoms. The third kappa shape index (κ3) is 1.79. The summed E-state index contributed by atoms with van der Waals surface area (Å²) in [6.45, 7) is 0.701. The zero-order valence-electron chi connectivity index (χ0n) is 10.2. The van der Waals surface area contributed by atoms with Gasteiger partial charge in [-0.3, -0.25) is 9.48 Å². The molecule has 18 heavy (non-hydrogen) atoms. The van der Waals surface area contributed by atoms with Crippen LogP contribution in [0.5, 0.6) is 5.75 Å². The Morgan fingerprint density at radius 3 is 2.78 bits per heavy atom.